The van der Waals surface area contributed by atoms with Crippen molar-refractivity contribution in [2.24, 2.45) is 0 Å². The maximum absolute atomic E-state index is 12.7. The van der Waals surface area contributed by atoms with Crippen LogP contribution in [0.1, 0.15) is 27.8 Å². The van der Waals surface area contributed by atoms with Crippen LogP contribution >= 0.6 is 34.2 Å². The van der Waals surface area contributed by atoms with Gasteiger partial charge in [0.2, 0.25) is 0 Å². The molecular weight excluding hydrogens is 563 g/mol. The summed E-state index contributed by atoms with van der Waals surface area (Å²) in [6.45, 7) is 6.38. The van der Waals surface area contributed by atoms with E-state index in [1.54, 1.807) is 31.4 Å². The van der Waals surface area contributed by atoms with E-state index in [4.69, 9.17) is 21.1 Å². The zero-order chi connectivity index (χ0) is 24.8. The predicted molar refractivity (Wildman–Crippen MR) is 144 cm³/mol. The molecule has 0 atom stereocenters. The molecule has 34 heavy (non-hydrogen) atoms. The van der Waals surface area contributed by atoms with Crippen molar-refractivity contribution < 1.29 is 14.3 Å². The number of benzene rings is 3. The van der Waals surface area contributed by atoms with Gasteiger partial charge in [-0.1, -0.05) is 47.0 Å². The van der Waals surface area contributed by atoms with Crippen molar-refractivity contribution in [3.8, 4) is 17.6 Å². The highest BCUT2D eigenvalue weighted by Gasteiger charge is 2.15. The standard InChI is InChI=1S/C27H24ClIN2O3/c1-16-7-17(2)9-20(8-16)15-34-26-24(29)11-19(12-25(26)33-4)10-21(14-30)27(32)31-22-6-5-18(3)23(28)13-22/h5-13H,15H2,1-4H3,(H,31,32)/b21-10+. The zero-order valence-electron chi connectivity index (χ0n) is 19.3. The van der Waals surface area contributed by atoms with Gasteiger partial charge in [-0.15, -0.1) is 0 Å². The average Bonchev–Trinajstić information content (AvgIpc) is 2.78. The summed E-state index contributed by atoms with van der Waals surface area (Å²) in [6, 6.07) is 17.0. The number of nitriles is 1. The van der Waals surface area contributed by atoms with Crippen molar-refractivity contribution in [2.45, 2.75) is 27.4 Å². The summed E-state index contributed by atoms with van der Waals surface area (Å²) in [4.78, 5) is 12.7. The second-order valence-corrected chi connectivity index (χ2v) is 9.48. The Balaban J connectivity index is 1.82. The smallest absolute Gasteiger partial charge is 0.266 e. The van der Waals surface area contributed by atoms with Gasteiger partial charge in [-0.2, -0.15) is 5.26 Å². The topological polar surface area (TPSA) is 71.3 Å². The van der Waals surface area contributed by atoms with E-state index >= 15 is 0 Å². The number of nitrogens with one attached hydrogen (secondary N) is 1. The average molecular weight is 587 g/mol. The SMILES string of the molecule is COc1cc(/C=C(\C#N)C(=O)Nc2ccc(C)c(Cl)c2)cc(I)c1OCc1cc(C)cc(C)c1. The molecule has 0 saturated carbocycles. The summed E-state index contributed by atoms with van der Waals surface area (Å²) < 4.78 is 12.4. The number of aryl methyl sites for hydroxylation is 3. The van der Waals surface area contributed by atoms with Crippen molar-refractivity contribution >= 4 is 51.9 Å². The molecule has 0 aliphatic carbocycles. The summed E-state index contributed by atoms with van der Waals surface area (Å²) in [5.41, 5.74) is 5.44. The minimum absolute atomic E-state index is 0.0431. The molecule has 1 amide bonds. The Kier molecular flexibility index (Phi) is 8.59. The number of rotatable bonds is 7. The first-order chi connectivity index (χ1) is 16.2. The second-order valence-electron chi connectivity index (χ2n) is 7.91. The largest absolute Gasteiger partial charge is 0.493 e. The molecule has 7 heteroatoms. The van der Waals surface area contributed by atoms with E-state index < -0.39 is 5.91 Å². The number of hydrogen-bond donors (Lipinski definition) is 1. The van der Waals surface area contributed by atoms with E-state index in [-0.39, 0.29) is 5.57 Å². The van der Waals surface area contributed by atoms with Gasteiger partial charge in [0.05, 0.1) is 10.7 Å². The highest BCUT2D eigenvalue weighted by Crippen LogP contribution is 2.35. The van der Waals surface area contributed by atoms with Gasteiger partial charge in [-0.3, -0.25) is 4.79 Å². The van der Waals surface area contributed by atoms with Gasteiger partial charge in [0.15, 0.2) is 11.5 Å². The Morgan fingerprint density at radius 3 is 2.44 bits per heavy atom. The van der Waals surface area contributed by atoms with Crippen molar-refractivity contribution in [3.63, 3.8) is 0 Å². The molecule has 0 unspecified atom stereocenters. The number of halogens is 2. The summed E-state index contributed by atoms with van der Waals surface area (Å²) in [6.07, 6.45) is 1.52. The molecule has 0 bridgehead atoms. The third-order valence-electron chi connectivity index (χ3n) is 5.02. The van der Waals surface area contributed by atoms with Gasteiger partial charge in [0.25, 0.3) is 5.91 Å². The van der Waals surface area contributed by atoms with Crippen LogP contribution in [0.4, 0.5) is 5.69 Å². The number of anilines is 1. The molecule has 0 radical (unpaired) electrons. The third kappa shape index (κ3) is 6.52. The zero-order valence-corrected chi connectivity index (χ0v) is 22.2. The fourth-order valence-electron chi connectivity index (χ4n) is 3.46. The molecule has 0 saturated heterocycles. The van der Waals surface area contributed by atoms with Gasteiger partial charge in [0, 0.05) is 10.7 Å². The highest BCUT2D eigenvalue weighted by atomic mass is 127. The molecule has 0 aromatic heterocycles. The Labute approximate surface area is 218 Å². The number of methoxy groups -OCH3 is 1. The summed E-state index contributed by atoms with van der Waals surface area (Å²) in [7, 11) is 1.56. The maximum atomic E-state index is 12.7. The lowest BCUT2D eigenvalue weighted by molar-refractivity contribution is -0.112. The van der Waals surface area contributed by atoms with E-state index in [0.29, 0.717) is 34.4 Å². The van der Waals surface area contributed by atoms with Crippen LogP contribution in [0.2, 0.25) is 5.02 Å². The number of carbonyl (C=O) groups is 1. The highest BCUT2D eigenvalue weighted by molar-refractivity contribution is 14.1. The Morgan fingerprint density at radius 1 is 1.12 bits per heavy atom. The lowest BCUT2D eigenvalue weighted by Crippen LogP contribution is -2.13. The number of carbonyl (C=O) groups excluding carboxylic acids is 1. The van der Waals surface area contributed by atoms with Gasteiger partial charge in [-0.25, -0.2) is 0 Å². The Bertz CT molecular complexity index is 1290. The van der Waals surface area contributed by atoms with Crippen LogP contribution in [0.3, 0.4) is 0 Å². The summed E-state index contributed by atoms with van der Waals surface area (Å²) in [5.74, 6) is 0.605. The van der Waals surface area contributed by atoms with Crippen LogP contribution in [-0.2, 0) is 11.4 Å². The molecule has 3 rings (SSSR count). The molecule has 0 aliphatic rings. The Morgan fingerprint density at radius 2 is 1.82 bits per heavy atom. The first kappa shape index (κ1) is 25.6. The summed E-state index contributed by atoms with van der Waals surface area (Å²) >= 11 is 8.29. The first-order valence-electron chi connectivity index (χ1n) is 10.5. The number of hydrogen-bond acceptors (Lipinski definition) is 4. The van der Waals surface area contributed by atoms with Crippen LogP contribution in [0.5, 0.6) is 11.5 Å². The molecule has 3 aromatic rings. The molecule has 0 heterocycles. The van der Waals surface area contributed by atoms with Crippen molar-refractivity contribution in [1.29, 1.82) is 5.26 Å². The van der Waals surface area contributed by atoms with Crippen molar-refractivity contribution in [3.05, 3.63) is 90.5 Å². The Hall–Kier alpha value is -3.02. The molecule has 1 N–H and O–H groups in total. The third-order valence-corrected chi connectivity index (χ3v) is 6.23. The fraction of sp³-hybridized carbons (Fsp3) is 0.185. The molecule has 174 valence electrons. The second kappa shape index (κ2) is 11.4. The van der Waals surface area contributed by atoms with Crippen LogP contribution in [0.15, 0.2) is 54.1 Å². The monoisotopic (exact) mass is 586 g/mol. The van der Waals surface area contributed by atoms with E-state index in [1.165, 1.54) is 17.2 Å². The lowest BCUT2D eigenvalue weighted by atomic mass is 10.1. The molecule has 0 aliphatic heterocycles. The van der Waals surface area contributed by atoms with Crippen LogP contribution in [0.25, 0.3) is 6.08 Å². The van der Waals surface area contributed by atoms with Gasteiger partial charge in [-0.05, 0) is 90.4 Å². The lowest BCUT2D eigenvalue weighted by Gasteiger charge is -2.14. The molecule has 3 aromatic carbocycles. The fourth-order valence-corrected chi connectivity index (χ4v) is 4.42. The molecule has 0 spiro atoms. The molecule has 0 fully saturated rings. The van der Waals surface area contributed by atoms with Gasteiger partial charge in [0.1, 0.15) is 18.2 Å². The van der Waals surface area contributed by atoms with Crippen molar-refractivity contribution in [2.75, 3.05) is 12.4 Å². The number of amides is 1. The predicted octanol–water partition coefficient (Wildman–Crippen LogP) is 7.00. The minimum Gasteiger partial charge on any atom is -0.493 e. The van der Waals surface area contributed by atoms with Crippen LogP contribution < -0.4 is 14.8 Å². The number of ether oxygens (including phenoxy) is 2. The normalized spacial score (nSPS) is 11.0. The van der Waals surface area contributed by atoms with Gasteiger partial charge < -0.3 is 14.8 Å². The van der Waals surface area contributed by atoms with Crippen LogP contribution in [-0.4, -0.2) is 13.0 Å². The molecular formula is C27H24ClIN2O3. The van der Waals surface area contributed by atoms with E-state index in [2.05, 4.69) is 60.0 Å². The van der Waals surface area contributed by atoms with E-state index in [0.717, 1.165) is 14.7 Å². The maximum Gasteiger partial charge on any atom is 0.266 e. The summed E-state index contributed by atoms with van der Waals surface area (Å²) in [5, 5.41) is 12.8. The van der Waals surface area contributed by atoms with Crippen molar-refractivity contribution in [1.82, 2.24) is 0 Å². The first-order valence-corrected chi connectivity index (χ1v) is 11.9. The molecule has 5 nitrogen and oxygen atoms in total. The number of nitrogens with zero attached hydrogens (tertiary/aromatic N) is 1. The van der Waals surface area contributed by atoms with E-state index in [9.17, 15) is 10.1 Å². The minimum atomic E-state index is -0.522. The van der Waals surface area contributed by atoms with Gasteiger partial charge >= 0.3 is 0 Å². The van der Waals surface area contributed by atoms with Crippen LogP contribution in [0, 0.1) is 35.7 Å². The van der Waals surface area contributed by atoms with E-state index in [1.807, 2.05) is 19.1 Å². The quantitative estimate of drug-likeness (QED) is 0.184.